The van der Waals surface area contributed by atoms with Crippen molar-refractivity contribution in [2.75, 3.05) is 14.2 Å². The minimum atomic E-state index is -3.77. The maximum atomic E-state index is 12.8. The number of fused-ring (bicyclic) bond motifs is 1. The Balaban J connectivity index is 1.88. The van der Waals surface area contributed by atoms with Crippen molar-refractivity contribution in [3.05, 3.63) is 59.2 Å². The first-order chi connectivity index (χ1) is 12.4. The largest absolute Gasteiger partial charge is 0.497 e. The highest BCUT2D eigenvalue weighted by Gasteiger charge is 2.26. The van der Waals surface area contributed by atoms with Crippen molar-refractivity contribution >= 4 is 16.0 Å². The number of aryl methyl sites for hydroxylation is 1. The second kappa shape index (κ2) is 7.47. The first-order valence-corrected chi connectivity index (χ1v) is 9.80. The van der Waals surface area contributed by atoms with Gasteiger partial charge in [0.15, 0.2) is 0 Å². The zero-order chi connectivity index (χ0) is 18.7. The molecule has 3 rings (SSSR count). The Morgan fingerprint density at radius 1 is 1.15 bits per heavy atom. The molecule has 0 amide bonds. The normalized spacial score (nSPS) is 16.6. The van der Waals surface area contributed by atoms with Crippen LogP contribution in [0.25, 0.3) is 0 Å². The number of esters is 1. The molecule has 2 aromatic carbocycles. The molecule has 1 N–H and O–H groups in total. The number of sulfonamides is 1. The van der Waals surface area contributed by atoms with E-state index in [0.29, 0.717) is 0 Å². The van der Waals surface area contributed by atoms with Gasteiger partial charge in [-0.15, -0.1) is 0 Å². The molecule has 1 aliphatic carbocycles. The lowest BCUT2D eigenvalue weighted by Crippen LogP contribution is -2.31. The number of hydrogen-bond acceptors (Lipinski definition) is 5. The summed E-state index contributed by atoms with van der Waals surface area (Å²) in [6.45, 7) is 0. The van der Waals surface area contributed by atoms with Gasteiger partial charge in [-0.2, -0.15) is 0 Å². The molecular weight excluding hydrogens is 354 g/mol. The van der Waals surface area contributed by atoms with Gasteiger partial charge in [0, 0.05) is 6.04 Å². The number of ether oxygens (including phenoxy) is 2. The summed E-state index contributed by atoms with van der Waals surface area (Å²) in [5, 5.41) is 0. The van der Waals surface area contributed by atoms with Crippen LogP contribution in [0.4, 0.5) is 0 Å². The fourth-order valence-corrected chi connectivity index (χ4v) is 4.50. The Hall–Kier alpha value is -2.38. The van der Waals surface area contributed by atoms with Crippen LogP contribution in [0.1, 0.15) is 40.4 Å². The highest BCUT2D eigenvalue weighted by atomic mass is 32.2. The predicted molar refractivity (Wildman–Crippen MR) is 96.8 cm³/mol. The van der Waals surface area contributed by atoms with Gasteiger partial charge in [-0.1, -0.05) is 12.1 Å². The number of hydrogen-bond donors (Lipinski definition) is 1. The lowest BCUT2D eigenvalue weighted by Gasteiger charge is -2.26. The second-order valence-electron chi connectivity index (χ2n) is 6.15. The topological polar surface area (TPSA) is 81.7 Å². The van der Waals surface area contributed by atoms with E-state index in [-0.39, 0.29) is 16.5 Å². The Labute approximate surface area is 153 Å². The maximum Gasteiger partial charge on any atom is 0.337 e. The van der Waals surface area contributed by atoms with Gasteiger partial charge < -0.3 is 9.47 Å². The van der Waals surface area contributed by atoms with Crippen molar-refractivity contribution < 1.29 is 22.7 Å². The molecule has 26 heavy (non-hydrogen) atoms. The molecule has 0 heterocycles. The number of carbonyl (C=O) groups is 1. The maximum absolute atomic E-state index is 12.8. The van der Waals surface area contributed by atoms with E-state index < -0.39 is 16.0 Å². The van der Waals surface area contributed by atoms with Gasteiger partial charge in [0.2, 0.25) is 10.0 Å². The van der Waals surface area contributed by atoms with E-state index >= 15 is 0 Å². The number of carbonyl (C=O) groups excluding carboxylic acids is 1. The molecule has 138 valence electrons. The average molecular weight is 375 g/mol. The van der Waals surface area contributed by atoms with Gasteiger partial charge >= 0.3 is 5.97 Å². The van der Waals surface area contributed by atoms with E-state index in [4.69, 9.17) is 4.74 Å². The molecule has 0 saturated heterocycles. The van der Waals surface area contributed by atoms with Crippen LogP contribution in [-0.2, 0) is 21.2 Å². The number of rotatable bonds is 5. The van der Waals surface area contributed by atoms with E-state index in [1.807, 2.05) is 18.2 Å². The summed E-state index contributed by atoms with van der Waals surface area (Å²) in [4.78, 5) is 11.7. The lowest BCUT2D eigenvalue weighted by molar-refractivity contribution is 0.0600. The third kappa shape index (κ3) is 3.73. The van der Waals surface area contributed by atoms with Crippen LogP contribution < -0.4 is 9.46 Å². The first kappa shape index (κ1) is 18.4. The molecule has 1 atom stereocenters. The SMILES string of the molecule is COC(=O)c1cccc(S(=O)(=O)N[C@H]2CCCc3cc(OC)ccc32)c1. The second-order valence-corrected chi connectivity index (χ2v) is 7.86. The Kier molecular flexibility index (Phi) is 5.29. The quantitative estimate of drug-likeness (QED) is 0.813. The summed E-state index contributed by atoms with van der Waals surface area (Å²) in [5.74, 6) is 0.190. The molecule has 0 aromatic heterocycles. The van der Waals surface area contributed by atoms with Crippen molar-refractivity contribution in [3.8, 4) is 5.75 Å². The Bertz CT molecular complexity index is 923. The van der Waals surface area contributed by atoms with Gasteiger partial charge in [-0.3, -0.25) is 0 Å². The molecule has 1 aliphatic rings. The lowest BCUT2D eigenvalue weighted by atomic mass is 9.88. The highest BCUT2D eigenvalue weighted by Crippen LogP contribution is 2.33. The van der Waals surface area contributed by atoms with Crippen LogP contribution in [0.15, 0.2) is 47.4 Å². The molecule has 0 saturated carbocycles. The van der Waals surface area contributed by atoms with Crippen LogP contribution in [0.2, 0.25) is 0 Å². The summed E-state index contributed by atoms with van der Waals surface area (Å²) in [6, 6.07) is 11.2. The molecular formula is C19H21NO5S. The molecule has 0 spiro atoms. The number of nitrogens with one attached hydrogen (secondary N) is 1. The monoisotopic (exact) mass is 375 g/mol. The Morgan fingerprint density at radius 2 is 1.96 bits per heavy atom. The summed E-state index contributed by atoms with van der Waals surface area (Å²) in [5.41, 5.74) is 2.25. The molecule has 0 bridgehead atoms. The number of methoxy groups -OCH3 is 2. The zero-order valence-corrected chi connectivity index (χ0v) is 15.5. The van der Waals surface area contributed by atoms with Crippen molar-refractivity contribution in [2.24, 2.45) is 0 Å². The van der Waals surface area contributed by atoms with Crippen LogP contribution in [0, 0.1) is 0 Å². The van der Waals surface area contributed by atoms with Crippen LogP contribution >= 0.6 is 0 Å². The van der Waals surface area contributed by atoms with Crippen molar-refractivity contribution in [3.63, 3.8) is 0 Å². The standard InChI is InChI=1S/C19H21NO5S/c1-24-15-9-10-17-13(11-15)5-4-8-18(17)20-26(22,23)16-7-3-6-14(12-16)19(21)25-2/h3,6-7,9-12,18,20H,4-5,8H2,1-2H3/t18-/m0/s1. The fourth-order valence-electron chi connectivity index (χ4n) is 3.20. The minimum Gasteiger partial charge on any atom is -0.497 e. The van der Waals surface area contributed by atoms with Crippen molar-refractivity contribution in [1.29, 1.82) is 0 Å². The number of benzene rings is 2. The summed E-state index contributed by atoms with van der Waals surface area (Å²) in [7, 11) is -0.902. The van der Waals surface area contributed by atoms with E-state index in [0.717, 1.165) is 36.1 Å². The molecule has 0 unspecified atom stereocenters. The molecule has 2 aromatic rings. The molecule has 0 aliphatic heterocycles. The first-order valence-electron chi connectivity index (χ1n) is 8.32. The van der Waals surface area contributed by atoms with Crippen LogP contribution in [-0.4, -0.2) is 28.6 Å². The predicted octanol–water partition coefficient (Wildman–Crippen LogP) is 2.84. The molecule has 0 radical (unpaired) electrons. The smallest absolute Gasteiger partial charge is 0.337 e. The summed E-state index contributed by atoms with van der Waals surface area (Å²) >= 11 is 0. The Morgan fingerprint density at radius 3 is 2.69 bits per heavy atom. The van der Waals surface area contributed by atoms with E-state index in [1.54, 1.807) is 7.11 Å². The van der Waals surface area contributed by atoms with E-state index in [1.165, 1.54) is 31.4 Å². The van der Waals surface area contributed by atoms with Gasteiger partial charge in [0.1, 0.15) is 5.75 Å². The van der Waals surface area contributed by atoms with Gasteiger partial charge in [0.25, 0.3) is 0 Å². The van der Waals surface area contributed by atoms with Gasteiger partial charge in [-0.05, 0) is 60.7 Å². The third-order valence-electron chi connectivity index (χ3n) is 4.53. The summed E-state index contributed by atoms with van der Waals surface area (Å²) in [6.07, 6.45) is 2.49. The van der Waals surface area contributed by atoms with E-state index in [2.05, 4.69) is 9.46 Å². The molecule has 0 fully saturated rings. The van der Waals surface area contributed by atoms with Crippen LogP contribution in [0.5, 0.6) is 5.75 Å². The van der Waals surface area contributed by atoms with Gasteiger partial charge in [-0.25, -0.2) is 17.9 Å². The summed E-state index contributed by atoms with van der Waals surface area (Å²) < 4.78 is 38.3. The highest BCUT2D eigenvalue weighted by molar-refractivity contribution is 7.89. The third-order valence-corrected chi connectivity index (χ3v) is 6.00. The minimum absolute atomic E-state index is 0.0426. The van der Waals surface area contributed by atoms with Crippen molar-refractivity contribution in [1.82, 2.24) is 4.72 Å². The van der Waals surface area contributed by atoms with Crippen LogP contribution in [0.3, 0.4) is 0 Å². The molecule has 7 heteroatoms. The van der Waals surface area contributed by atoms with Crippen molar-refractivity contribution in [2.45, 2.75) is 30.2 Å². The zero-order valence-electron chi connectivity index (χ0n) is 14.7. The molecule has 6 nitrogen and oxygen atoms in total. The van der Waals surface area contributed by atoms with Gasteiger partial charge in [0.05, 0.1) is 24.7 Å². The average Bonchev–Trinajstić information content (AvgIpc) is 2.67. The fraction of sp³-hybridized carbons (Fsp3) is 0.316. The van der Waals surface area contributed by atoms with E-state index in [9.17, 15) is 13.2 Å².